The highest BCUT2D eigenvalue weighted by Crippen LogP contribution is 2.31. The molecule has 1 amide bonds. The largest absolute Gasteiger partial charge is 0.301 e. The Balaban J connectivity index is 1.99. The van der Waals surface area contributed by atoms with Gasteiger partial charge in [-0.05, 0) is 36.6 Å². The third kappa shape index (κ3) is 1.68. The monoisotopic (exact) mass is 237 g/mol. The molecular formula is C15H13N2O. The van der Waals surface area contributed by atoms with Gasteiger partial charge in [-0.25, -0.2) is 0 Å². The lowest BCUT2D eigenvalue weighted by molar-refractivity contribution is 0.0989. The molecular weight excluding hydrogens is 224 g/mol. The number of benzene rings is 1. The van der Waals surface area contributed by atoms with Crippen LogP contribution in [0.15, 0.2) is 42.6 Å². The molecule has 0 bridgehead atoms. The lowest BCUT2D eigenvalue weighted by atomic mass is 10.1. The van der Waals surface area contributed by atoms with Crippen molar-refractivity contribution in [1.29, 1.82) is 0 Å². The summed E-state index contributed by atoms with van der Waals surface area (Å²) < 4.78 is 0. The first kappa shape index (κ1) is 11.0. The number of nitrogens with zero attached hydrogens (tertiary/aromatic N) is 2. The maximum absolute atomic E-state index is 12.5. The van der Waals surface area contributed by atoms with Gasteiger partial charge in [0.15, 0.2) is 0 Å². The Morgan fingerprint density at radius 1 is 1.22 bits per heavy atom. The Kier molecular flexibility index (Phi) is 2.59. The van der Waals surface area contributed by atoms with Crippen molar-refractivity contribution in [2.45, 2.75) is 13.3 Å². The zero-order chi connectivity index (χ0) is 12.5. The molecule has 0 unspecified atom stereocenters. The van der Waals surface area contributed by atoms with Gasteiger partial charge < -0.3 is 4.90 Å². The maximum Gasteiger partial charge on any atom is 0.277 e. The predicted octanol–water partition coefficient (Wildman–Crippen LogP) is 2.75. The molecule has 0 saturated heterocycles. The Bertz CT molecular complexity index is 607. The van der Waals surface area contributed by atoms with Crippen molar-refractivity contribution in [3.63, 3.8) is 0 Å². The third-order valence-electron chi connectivity index (χ3n) is 3.18. The van der Waals surface area contributed by atoms with Gasteiger partial charge in [0.2, 0.25) is 0 Å². The number of aryl methyl sites for hydroxylation is 1. The quantitative estimate of drug-likeness (QED) is 0.764. The zero-order valence-electron chi connectivity index (χ0n) is 10.1. The van der Waals surface area contributed by atoms with Gasteiger partial charge in [-0.2, -0.15) is 0 Å². The molecule has 0 spiro atoms. The number of para-hydroxylation sites is 1. The molecule has 0 atom stereocenters. The van der Waals surface area contributed by atoms with Gasteiger partial charge in [0, 0.05) is 11.9 Å². The van der Waals surface area contributed by atoms with Crippen molar-refractivity contribution in [2.24, 2.45) is 0 Å². The van der Waals surface area contributed by atoms with E-state index in [0.29, 0.717) is 5.69 Å². The molecule has 18 heavy (non-hydrogen) atoms. The van der Waals surface area contributed by atoms with Crippen LogP contribution < -0.4 is 4.90 Å². The van der Waals surface area contributed by atoms with Gasteiger partial charge in [-0.1, -0.05) is 24.3 Å². The summed E-state index contributed by atoms with van der Waals surface area (Å²) >= 11 is 0. The lowest BCUT2D eigenvalue weighted by Gasteiger charge is -2.17. The average Bonchev–Trinajstić information content (AvgIpc) is 2.82. The molecule has 1 aromatic carbocycles. The minimum atomic E-state index is -0.0574. The van der Waals surface area contributed by atoms with Gasteiger partial charge in [-0.3, -0.25) is 9.78 Å². The number of pyridine rings is 1. The number of carbonyl (C=O) groups is 1. The standard InChI is InChI=1S/C15H13N2O/c1-11-5-4-9-16-14(11)15(18)17-10-8-12-6-2-3-7-13(12)17/h2-7,9-10H,8H2,1H3. The van der Waals surface area contributed by atoms with Crippen molar-refractivity contribution in [3.8, 4) is 0 Å². The first-order chi connectivity index (χ1) is 8.77. The predicted molar refractivity (Wildman–Crippen MR) is 70.2 cm³/mol. The second-order valence-corrected chi connectivity index (χ2v) is 4.36. The SMILES string of the molecule is Cc1cccnc1C(=O)N1[CH]Cc2ccccc21. The zero-order valence-corrected chi connectivity index (χ0v) is 10.1. The molecule has 0 fully saturated rings. The van der Waals surface area contributed by atoms with Gasteiger partial charge in [-0.15, -0.1) is 0 Å². The van der Waals surface area contributed by atoms with Crippen molar-refractivity contribution >= 4 is 11.6 Å². The van der Waals surface area contributed by atoms with E-state index in [2.05, 4.69) is 4.98 Å². The summed E-state index contributed by atoms with van der Waals surface area (Å²) in [7, 11) is 0. The van der Waals surface area contributed by atoms with E-state index in [1.165, 1.54) is 5.56 Å². The molecule has 1 aliphatic heterocycles. The summed E-state index contributed by atoms with van der Waals surface area (Å²) in [6, 6.07) is 11.7. The van der Waals surface area contributed by atoms with Crippen LogP contribution in [-0.2, 0) is 6.42 Å². The third-order valence-corrected chi connectivity index (χ3v) is 3.18. The van der Waals surface area contributed by atoms with Crippen LogP contribution in [0.3, 0.4) is 0 Å². The molecule has 3 heteroatoms. The highest BCUT2D eigenvalue weighted by molar-refractivity contribution is 6.07. The van der Waals surface area contributed by atoms with E-state index in [1.807, 2.05) is 49.9 Å². The summed E-state index contributed by atoms with van der Waals surface area (Å²) in [5, 5.41) is 0. The molecule has 3 rings (SSSR count). The smallest absolute Gasteiger partial charge is 0.277 e. The van der Waals surface area contributed by atoms with E-state index in [1.54, 1.807) is 11.1 Å². The number of hydrogen-bond acceptors (Lipinski definition) is 2. The number of amides is 1. The topological polar surface area (TPSA) is 33.2 Å². The fraction of sp³-hybridized carbons (Fsp3) is 0.133. The summed E-state index contributed by atoms with van der Waals surface area (Å²) in [5.41, 5.74) is 3.57. The van der Waals surface area contributed by atoms with Crippen LogP contribution in [0.1, 0.15) is 21.6 Å². The minimum absolute atomic E-state index is 0.0574. The van der Waals surface area contributed by atoms with E-state index in [-0.39, 0.29) is 5.91 Å². The van der Waals surface area contributed by atoms with Crippen LogP contribution in [-0.4, -0.2) is 10.9 Å². The molecule has 3 nitrogen and oxygen atoms in total. The van der Waals surface area contributed by atoms with Crippen molar-refractivity contribution in [3.05, 3.63) is 66.0 Å². The highest BCUT2D eigenvalue weighted by Gasteiger charge is 2.26. The van der Waals surface area contributed by atoms with Gasteiger partial charge in [0.1, 0.15) is 5.69 Å². The van der Waals surface area contributed by atoms with Crippen LogP contribution >= 0.6 is 0 Å². The van der Waals surface area contributed by atoms with Crippen LogP contribution in [0.2, 0.25) is 0 Å². The van der Waals surface area contributed by atoms with Crippen molar-refractivity contribution in [1.82, 2.24) is 4.98 Å². The summed E-state index contributed by atoms with van der Waals surface area (Å²) in [5.74, 6) is -0.0574. The number of hydrogen-bond donors (Lipinski definition) is 0. The fourth-order valence-corrected chi connectivity index (χ4v) is 2.22. The van der Waals surface area contributed by atoms with Crippen LogP contribution in [0.4, 0.5) is 5.69 Å². The first-order valence-corrected chi connectivity index (χ1v) is 5.94. The summed E-state index contributed by atoms with van der Waals surface area (Å²) in [4.78, 5) is 18.3. The number of anilines is 1. The Morgan fingerprint density at radius 3 is 2.89 bits per heavy atom. The Labute approximate surface area is 106 Å². The van der Waals surface area contributed by atoms with E-state index < -0.39 is 0 Å². The maximum atomic E-state index is 12.5. The first-order valence-electron chi connectivity index (χ1n) is 5.94. The molecule has 1 aromatic heterocycles. The van der Waals surface area contributed by atoms with Gasteiger partial charge in [0.25, 0.3) is 5.91 Å². The van der Waals surface area contributed by atoms with Crippen LogP contribution in [0.5, 0.6) is 0 Å². The van der Waals surface area contributed by atoms with Crippen molar-refractivity contribution < 1.29 is 4.79 Å². The highest BCUT2D eigenvalue weighted by atomic mass is 16.2. The second-order valence-electron chi connectivity index (χ2n) is 4.36. The molecule has 1 radical (unpaired) electrons. The lowest BCUT2D eigenvalue weighted by Crippen LogP contribution is -2.27. The molecule has 2 aromatic rings. The Morgan fingerprint density at radius 2 is 2.06 bits per heavy atom. The van der Waals surface area contributed by atoms with Gasteiger partial charge >= 0.3 is 0 Å². The van der Waals surface area contributed by atoms with Gasteiger partial charge in [0.05, 0.1) is 6.54 Å². The number of rotatable bonds is 1. The normalized spacial score (nSPS) is 13.5. The van der Waals surface area contributed by atoms with Crippen LogP contribution in [0.25, 0.3) is 0 Å². The molecule has 1 aliphatic rings. The van der Waals surface area contributed by atoms with E-state index in [9.17, 15) is 4.79 Å². The molecule has 0 saturated carbocycles. The summed E-state index contributed by atoms with van der Waals surface area (Å²) in [6.07, 6.45) is 2.45. The Hall–Kier alpha value is -2.16. The molecule has 0 N–H and O–H groups in total. The number of aromatic nitrogens is 1. The summed E-state index contributed by atoms with van der Waals surface area (Å²) in [6.45, 7) is 3.82. The van der Waals surface area contributed by atoms with E-state index in [4.69, 9.17) is 0 Å². The number of fused-ring (bicyclic) bond motifs is 1. The fourth-order valence-electron chi connectivity index (χ4n) is 2.22. The van der Waals surface area contributed by atoms with E-state index in [0.717, 1.165) is 17.7 Å². The molecule has 0 aliphatic carbocycles. The van der Waals surface area contributed by atoms with E-state index >= 15 is 0 Å². The minimum Gasteiger partial charge on any atom is -0.301 e. The second kappa shape index (κ2) is 4.26. The molecule has 89 valence electrons. The average molecular weight is 237 g/mol. The molecule has 2 heterocycles. The number of carbonyl (C=O) groups excluding carboxylic acids is 1. The van der Waals surface area contributed by atoms with Crippen molar-refractivity contribution in [2.75, 3.05) is 4.90 Å². The van der Waals surface area contributed by atoms with Crippen LogP contribution in [0, 0.1) is 13.5 Å².